The molecule has 0 fully saturated rings. The van der Waals surface area contributed by atoms with Crippen molar-refractivity contribution in [2.75, 3.05) is 24.5 Å². The summed E-state index contributed by atoms with van der Waals surface area (Å²) in [5, 5.41) is 4.45. The lowest BCUT2D eigenvalue weighted by Gasteiger charge is -2.31. The van der Waals surface area contributed by atoms with Crippen LogP contribution in [0.25, 0.3) is 11.0 Å². The summed E-state index contributed by atoms with van der Waals surface area (Å²) in [5.41, 5.74) is 4.16. The van der Waals surface area contributed by atoms with Gasteiger partial charge in [0.05, 0.1) is 25.0 Å². The number of nitrogens with zero attached hydrogens (tertiary/aromatic N) is 6. The lowest BCUT2D eigenvalue weighted by molar-refractivity contribution is 0.528. The quantitative estimate of drug-likeness (QED) is 0.563. The highest BCUT2D eigenvalue weighted by Crippen LogP contribution is 2.31. The first kappa shape index (κ1) is 21.8. The van der Waals surface area contributed by atoms with Gasteiger partial charge in [-0.1, -0.05) is 44.0 Å². The minimum atomic E-state index is -0.170. The Labute approximate surface area is 188 Å². The minimum Gasteiger partial charge on any atom is -0.343 e. The van der Waals surface area contributed by atoms with Gasteiger partial charge in [-0.25, -0.2) is 9.67 Å². The molecule has 0 saturated heterocycles. The van der Waals surface area contributed by atoms with Gasteiger partial charge in [-0.3, -0.25) is 14.4 Å². The van der Waals surface area contributed by atoms with Gasteiger partial charge < -0.3 is 4.90 Å². The number of anilines is 1. The van der Waals surface area contributed by atoms with E-state index in [1.54, 1.807) is 13.1 Å². The van der Waals surface area contributed by atoms with Crippen LogP contribution in [0, 0.1) is 11.8 Å². The Morgan fingerprint density at radius 2 is 1.94 bits per heavy atom. The van der Waals surface area contributed by atoms with Crippen LogP contribution in [0.2, 0.25) is 0 Å². The van der Waals surface area contributed by atoms with Crippen LogP contribution in [0.4, 0.5) is 5.95 Å². The normalized spacial score (nSPS) is 14.5. The van der Waals surface area contributed by atoms with Gasteiger partial charge in [0.2, 0.25) is 5.95 Å². The number of imidazole rings is 1. The number of rotatable bonds is 6. The van der Waals surface area contributed by atoms with E-state index < -0.39 is 0 Å². The zero-order valence-electron chi connectivity index (χ0n) is 19.5. The van der Waals surface area contributed by atoms with E-state index in [1.165, 1.54) is 10.2 Å². The summed E-state index contributed by atoms with van der Waals surface area (Å²) in [5.74, 6) is 6.78. The third-order valence-corrected chi connectivity index (χ3v) is 6.12. The predicted molar refractivity (Wildman–Crippen MR) is 130 cm³/mol. The van der Waals surface area contributed by atoms with Crippen molar-refractivity contribution in [3.63, 3.8) is 0 Å². The zero-order valence-corrected chi connectivity index (χ0v) is 19.5. The fourth-order valence-electron chi connectivity index (χ4n) is 4.31. The first-order valence-corrected chi connectivity index (χ1v) is 11.1. The Balaban J connectivity index is 1.82. The molecule has 7 nitrogen and oxygen atoms in total. The molecule has 0 spiro atoms. The van der Waals surface area contributed by atoms with Crippen LogP contribution in [0.3, 0.4) is 0 Å². The summed E-state index contributed by atoms with van der Waals surface area (Å²) in [6.07, 6.45) is 1.68. The molecule has 1 aliphatic heterocycles. The Kier molecular flexibility index (Phi) is 5.88. The Hall–Kier alpha value is -3.40. The van der Waals surface area contributed by atoms with E-state index >= 15 is 0 Å². The average Bonchev–Trinajstić information content (AvgIpc) is 3.16. The van der Waals surface area contributed by atoms with Crippen molar-refractivity contribution in [3.8, 4) is 11.8 Å². The molecule has 0 unspecified atom stereocenters. The molecule has 166 valence electrons. The molecule has 0 saturated carbocycles. The summed E-state index contributed by atoms with van der Waals surface area (Å²) in [6.45, 7) is 13.4. The number of hydrogen-bond acceptors (Lipinski definition) is 5. The van der Waals surface area contributed by atoms with E-state index in [-0.39, 0.29) is 11.0 Å². The SMILES string of the molecule is CC#CCn1c(N(CC)CC)nc2cnn(CC3=NCC(C)(C)c4ccccc43)c(=O)c21. The number of aromatic nitrogens is 4. The molecule has 3 heterocycles. The van der Waals surface area contributed by atoms with Gasteiger partial charge in [-0.2, -0.15) is 5.10 Å². The second kappa shape index (κ2) is 8.62. The van der Waals surface area contributed by atoms with E-state index in [0.717, 1.165) is 30.3 Å². The van der Waals surface area contributed by atoms with Crippen molar-refractivity contribution in [1.82, 2.24) is 19.3 Å². The number of benzene rings is 1. The van der Waals surface area contributed by atoms with E-state index in [4.69, 9.17) is 9.98 Å². The average molecular weight is 431 g/mol. The smallest absolute Gasteiger partial charge is 0.293 e. The van der Waals surface area contributed by atoms with Crippen LogP contribution in [0.5, 0.6) is 0 Å². The summed E-state index contributed by atoms with van der Waals surface area (Å²) >= 11 is 0. The Morgan fingerprint density at radius 3 is 2.66 bits per heavy atom. The van der Waals surface area contributed by atoms with Gasteiger partial charge in [0.15, 0.2) is 0 Å². The second-order valence-electron chi connectivity index (χ2n) is 8.63. The summed E-state index contributed by atoms with van der Waals surface area (Å²) < 4.78 is 3.42. The monoisotopic (exact) mass is 430 g/mol. The fourth-order valence-corrected chi connectivity index (χ4v) is 4.31. The molecule has 32 heavy (non-hydrogen) atoms. The molecule has 2 aromatic heterocycles. The number of hydrogen-bond donors (Lipinski definition) is 0. The fraction of sp³-hybridized carbons (Fsp3) is 0.440. The number of aliphatic imine (C=N–C) groups is 1. The maximum absolute atomic E-state index is 13.6. The van der Waals surface area contributed by atoms with Gasteiger partial charge >= 0.3 is 0 Å². The second-order valence-corrected chi connectivity index (χ2v) is 8.63. The minimum absolute atomic E-state index is 0.0292. The topological polar surface area (TPSA) is 68.3 Å². The molecule has 0 bridgehead atoms. The van der Waals surface area contributed by atoms with Crippen LogP contribution in [0.1, 0.15) is 45.7 Å². The maximum Gasteiger partial charge on any atom is 0.293 e. The first-order chi connectivity index (χ1) is 15.4. The highest BCUT2D eigenvalue weighted by atomic mass is 16.1. The van der Waals surface area contributed by atoms with E-state index in [2.05, 4.69) is 67.7 Å². The van der Waals surface area contributed by atoms with Crippen molar-refractivity contribution in [2.45, 2.75) is 53.1 Å². The third-order valence-electron chi connectivity index (χ3n) is 6.12. The van der Waals surface area contributed by atoms with Crippen molar-refractivity contribution < 1.29 is 0 Å². The molecule has 0 radical (unpaired) electrons. The van der Waals surface area contributed by atoms with Crippen molar-refractivity contribution in [3.05, 3.63) is 51.9 Å². The maximum atomic E-state index is 13.6. The standard InChI is InChI=1S/C25H30N6O/c1-6-9-14-30-22-20(28-24(30)29(7-2)8-3)15-27-31(23(22)32)16-21-18-12-10-11-13-19(18)25(4,5)17-26-21/h10-13,15H,7-8,14,16-17H2,1-5H3. The van der Waals surface area contributed by atoms with Crippen LogP contribution in [-0.4, -0.2) is 44.7 Å². The van der Waals surface area contributed by atoms with E-state index in [9.17, 15) is 4.79 Å². The molecular formula is C25H30N6O. The third kappa shape index (κ3) is 3.70. The Bertz CT molecular complexity index is 1300. The molecule has 0 N–H and O–H groups in total. The molecule has 1 aromatic carbocycles. The van der Waals surface area contributed by atoms with Crippen molar-refractivity contribution in [1.29, 1.82) is 0 Å². The first-order valence-electron chi connectivity index (χ1n) is 11.1. The summed E-state index contributed by atoms with van der Waals surface area (Å²) in [4.78, 5) is 25.2. The molecule has 3 aromatic rings. The molecule has 0 atom stereocenters. The largest absolute Gasteiger partial charge is 0.343 e. The van der Waals surface area contributed by atoms with Crippen LogP contribution < -0.4 is 10.5 Å². The van der Waals surface area contributed by atoms with Gasteiger partial charge in [-0.15, -0.1) is 5.92 Å². The van der Waals surface area contributed by atoms with Crippen molar-refractivity contribution >= 4 is 22.7 Å². The highest BCUT2D eigenvalue weighted by Gasteiger charge is 2.29. The highest BCUT2D eigenvalue weighted by molar-refractivity contribution is 6.03. The van der Waals surface area contributed by atoms with Crippen LogP contribution in [-0.2, 0) is 18.5 Å². The summed E-state index contributed by atoms with van der Waals surface area (Å²) in [6, 6.07) is 8.31. The van der Waals surface area contributed by atoms with Gasteiger partial charge in [0.1, 0.15) is 11.0 Å². The van der Waals surface area contributed by atoms with Crippen LogP contribution >= 0.6 is 0 Å². The molecule has 0 amide bonds. The molecule has 0 aliphatic carbocycles. The van der Waals surface area contributed by atoms with Gasteiger partial charge in [0, 0.05) is 30.6 Å². The Morgan fingerprint density at radius 1 is 1.19 bits per heavy atom. The number of fused-ring (bicyclic) bond motifs is 2. The van der Waals surface area contributed by atoms with Crippen LogP contribution in [0.15, 0.2) is 40.2 Å². The van der Waals surface area contributed by atoms with E-state index in [0.29, 0.717) is 30.7 Å². The van der Waals surface area contributed by atoms with E-state index in [1.807, 2.05) is 10.6 Å². The van der Waals surface area contributed by atoms with Gasteiger partial charge in [-0.05, 0) is 26.3 Å². The van der Waals surface area contributed by atoms with Crippen molar-refractivity contribution in [2.24, 2.45) is 4.99 Å². The molecule has 4 rings (SSSR count). The van der Waals surface area contributed by atoms with Gasteiger partial charge in [0.25, 0.3) is 5.56 Å². The molecule has 1 aliphatic rings. The predicted octanol–water partition coefficient (Wildman–Crippen LogP) is 3.24. The summed E-state index contributed by atoms with van der Waals surface area (Å²) in [7, 11) is 0. The zero-order chi connectivity index (χ0) is 22.9. The lowest BCUT2D eigenvalue weighted by Crippen LogP contribution is -2.34. The molecule has 7 heteroatoms. The molecular weight excluding hydrogens is 400 g/mol. The lowest BCUT2D eigenvalue weighted by atomic mass is 9.78.